The van der Waals surface area contributed by atoms with Gasteiger partial charge in [-0.05, 0) is 30.7 Å². The Morgan fingerprint density at radius 2 is 2.10 bits per heavy atom. The molecule has 1 saturated heterocycles. The number of hydrogen-bond acceptors (Lipinski definition) is 2. The van der Waals surface area contributed by atoms with Gasteiger partial charge in [0.15, 0.2) is 6.23 Å². The molecule has 3 nitrogen and oxygen atoms in total. The molecular weight excluding hydrogens is 272 g/mol. The van der Waals surface area contributed by atoms with Crippen molar-refractivity contribution in [1.29, 1.82) is 0 Å². The molecule has 104 valence electrons. The topological polar surface area (TPSA) is 17.4 Å². The summed E-state index contributed by atoms with van der Waals surface area (Å²) in [5, 5.41) is 0. The van der Waals surface area contributed by atoms with Gasteiger partial charge in [-0.15, -0.1) is 11.6 Å². The fraction of sp³-hybridized carbons (Fsp3) is 0.375. The summed E-state index contributed by atoms with van der Waals surface area (Å²) >= 11 is 5.99. The predicted molar refractivity (Wildman–Crippen MR) is 79.3 cm³/mol. The highest BCUT2D eigenvalue weighted by Gasteiger charge is 2.37. The zero-order valence-electron chi connectivity index (χ0n) is 11.4. The van der Waals surface area contributed by atoms with Crippen LogP contribution in [-0.4, -0.2) is 28.0 Å². The highest BCUT2D eigenvalue weighted by atomic mass is 35.5. The van der Waals surface area contributed by atoms with Gasteiger partial charge in [-0.3, -0.25) is 4.90 Å². The number of rotatable bonds is 1. The number of hydrogen-bond donors (Lipinski definition) is 0. The molecule has 0 bridgehead atoms. The van der Waals surface area contributed by atoms with Crippen molar-refractivity contribution in [2.75, 3.05) is 12.4 Å². The largest absolute Gasteiger partial charge is 0.351 e. The van der Waals surface area contributed by atoms with E-state index in [0.29, 0.717) is 5.88 Å². The highest BCUT2D eigenvalue weighted by Crippen LogP contribution is 2.38. The first-order chi connectivity index (χ1) is 9.78. The molecule has 4 heteroatoms. The highest BCUT2D eigenvalue weighted by molar-refractivity contribution is 6.18. The Morgan fingerprint density at radius 1 is 1.25 bits per heavy atom. The Kier molecular flexibility index (Phi) is 2.88. The molecule has 0 spiro atoms. The number of aromatic nitrogens is 1. The van der Waals surface area contributed by atoms with Crippen LogP contribution in [0, 0.1) is 6.92 Å². The number of nitrogens with zero attached hydrogens (tertiary/aromatic N) is 2. The average molecular weight is 289 g/mol. The summed E-state index contributed by atoms with van der Waals surface area (Å²) in [4.78, 5) is 2.38. The van der Waals surface area contributed by atoms with E-state index in [2.05, 4.69) is 52.8 Å². The van der Waals surface area contributed by atoms with E-state index in [-0.39, 0.29) is 12.3 Å². The number of ether oxygens (including phenoxy) is 1. The van der Waals surface area contributed by atoms with Gasteiger partial charge in [0.2, 0.25) is 0 Å². The predicted octanol–water partition coefficient (Wildman–Crippen LogP) is 3.24. The molecule has 2 aliphatic heterocycles. The summed E-state index contributed by atoms with van der Waals surface area (Å²) in [7, 11) is 0. The summed E-state index contributed by atoms with van der Waals surface area (Å²) in [6.07, 6.45) is 0.135. The van der Waals surface area contributed by atoms with Crippen LogP contribution in [0.4, 0.5) is 0 Å². The lowest BCUT2D eigenvalue weighted by Gasteiger charge is -2.19. The summed E-state index contributed by atoms with van der Waals surface area (Å²) in [5.41, 5.74) is 5.06. The standard InChI is InChI=1S/C16H17ClN2O/c1-11-6-7-15-16-18(10-13(8-17)20-16)9-12-4-2-3-5-14(12)19(11)15/h2-7,13,16H,8-10H2,1H3/t13-,16+/m1/s1. The Morgan fingerprint density at radius 3 is 2.95 bits per heavy atom. The fourth-order valence-corrected chi connectivity index (χ4v) is 3.49. The number of alkyl halides is 1. The van der Waals surface area contributed by atoms with E-state index in [9.17, 15) is 0 Å². The van der Waals surface area contributed by atoms with Crippen LogP contribution in [0.3, 0.4) is 0 Å². The molecule has 0 N–H and O–H groups in total. The third-order valence-electron chi connectivity index (χ3n) is 4.23. The van der Waals surface area contributed by atoms with Crippen LogP contribution in [0.1, 0.15) is 23.2 Å². The van der Waals surface area contributed by atoms with Gasteiger partial charge >= 0.3 is 0 Å². The van der Waals surface area contributed by atoms with Crippen molar-refractivity contribution in [1.82, 2.24) is 9.47 Å². The van der Waals surface area contributed by atoms with Crippen molar-refractivity contribution in [3.63, 3.8) is 0 Å². The van der Waals surface area contributed by atoms with Gasteiger partial charge in [0.1, 0.15) is 0 Å². The molecule has 4 rings (SSSR count). The summed E-state index contributed by atoms with van der Waals surface area (Å²) in [5.74, 6) is 0.550. The minimum Gasteiger partial charge on any atom is -0.351 e. The molecule has 2 atom stereocenters. The minimum atomic E-state index is 0.0137. The maximum atomic E-state index is 6.14. The maximum Gasteiger partial charge on any atom is 0.153 e. The number of benzene rings is 1. The second-order valence-corrected chi connectivity index (χ2v) is 5.87. The van der Waals surface area contributed by atoms with E-state index < -0.39 is 0 Å². The van der Waals surface area contributed by atoms with E-state index >= 15 is 0 Å². The minimum absolute atomic E-state index is 0.0137. The molecule has 1 fully saturated rings. The fourth-order valence-electron chi connectivity index (χ4n) is 3.32. The molecule has 0 aliphatic carbocycles. The maximum absolute atomic E-state index is 6.14. The van der Waals surface area contributed by atoms with E-state index in [1.54, 1.807) is 0 Å². The van der Waals surface area contributed by atoms with Crippen LogP contribution in [0.2, 0.25) is 0 Å². The Hall–Kier alpha value is -1.29. The van der Waals surface area contributed by atoms with Crippen molar-refractivity contribution >= 4 is 11.6 Å². The van der Waals surface area contributed by atoms with Gasteiger partial charge < -0.3 is 9.30 Å². The number of aryl methyl sites for hydroxylation is 1. The molecule has 20 heavy (non-hydrogen) atoms. The second-order valence-electron chi connectivity index (χ2n) is 5.56. The molecule has 1 aromatic carbocycles. The molecule has 3 heterocycles. The molecule has 2 aliphatic rings. The molecule has 2 aromatic rings. The normalized spacial score (nSPS) is 24.9. The van der Waals surface area contributed by atoms with Gasteiger partial charge in [0, 0.05) is 24.7 Å². The lowest BCUT2D eigenvalue weighted by Crippen LogP contribution is -2.23. The Bertz CT molecular complexity index is 652. The van der Waals surface area contributed by atoms with Crippen LogP contribution in [0.25, 0.3) is 5.69 Å². The summed E-state index contributed by atoms with van der Waals surface area (Å²) in [6, 6.07) is 12.9. The van der Waals surface area contributed by atoms with Crippen molar-refractivity contribution in [3.05, 3.63) is 53.3 Å². The zero-order chi connectivity index (χ0) is 13.7. The molecule has 0 radical (unpaired) electrons. The van der Waals surface area contributed by atoms with Crippen LogP contribution < -0.4 is 0 Å². The lowest BCUT2D eigenvalue weighted by molar-refractivity contribution is 0.000263. The van der Waals surface area contributed by atoms with Crippen LogP contribution in [0.15, 0.2) is 36.4 Å². The van der Waals surface area contributed by atoms with Gasteiger partial charge in [0.05, 0.1) is 17.5 Å². The second kappa shape index (κ2) is 4.62. The third-order valence-corrected chi connectivity index (χ3v) is 4.57. The average Bonchev–Trinajstić information content (AvgIpc) is 3.00. The van der Waals surface area contributed by atoms with Gasteiger partial charge in [0.25, 0.3) is 0 Å². The molecular formula is C16H17ClN2O. The SMILES string of the molecule is Cc1ccc2n1-c1ccccc1CN1C[C@@H](CCl)O[C@@H]21. The van der Waals surface area contributed by atoms with Crippen LogP contribution >= 0.6 is 11.6 Å². The summed E-state index contributed by atoms with van der Waals surface area (Å²) < 4.78 is 8.45. The van der Waals surface area contributed by atoms with Crippen molar-refractivity contribution < 1.29 is 4.74 Å². The quantitative estimate of drug-likeness (QED) is 0.750. The summed E-state index contributed by atoms with van der Waals surface area (Å²) in [6.45, 7) is 3.95. The lowest BCUT2D eigenvalue weighted by atomic mass is 10.1. The molecule has 0 saturated carbocycles. The number of fused-ring (bicyclic) bond motifs is 5. The monoisotopic (exact) mass is 288 g/mol. The molecule has 0 amide bonds. The van der Waals surface area contributed by atoms with Crippen LogP contribution in [-0.2, 0) is 11.3 Å². The molecule has 0 unspecified atom stereocenters. The smallest absolute Gasteiger partial charge is 0.153 e. The van der Waals surface area contributed by atoms with E-state index in [1.807, 2.05) is 0 Å². The van der Waals surface area contributed by atoms with Gasteiger partial charge in [-0.1, -0.05) is 18.2 Å². The first-order valence-corrected chi connectivity index (χ1v) is 7.53. The van der Waals surface area contributed by atoms with Crippen molar-refractivity contribution in [3.8, 4) is 5.69 Å². The Balaban J connectivity index is 1.90. The van der Waals surface area contributed by atoms with Crippen molar-refractivity contribution in [2.24, 2.45) is 0 Å². The van der Waals surface area contributed by atoms with Crippen LogP contribution in [0.5, 0.6) is 0 Å². The zero-order valence-corrected chi connectivity index (χ0v) is 12.2. The Labute approximate surface area is 123 Å². The van der Waals surface area contributed by atoms with E-state index in [0.717, 1.165) is 13.1 Å². The first-order valence-electron chi connectivity index (χ1n) is 7.00. The van der Waals surface area contributed by atoms with Crippen molar-refractivity contribution in [2.45, 2.75) is 25.8 Å². The number of para-hydroxylation sites is 1. The first kappa shape index (κ1) is 12.5. The van der Waals surface area contributed by atoms with E-state index in [4.69, 9.17) is 16.3 Å². The van der Waals surface area contributed by atoms with Gasteiger partial charge in [-0.2, -0.15) is 0 Å². The molecule has 1 aromatic heterocycles. The van der Waals surface area contributed by atoms with E-state index in [1.165, 1.54) is 22.6 Å². The number of halogens is 1. The third kappa shape index (κ3) is 1.74. The van der Waals surface area contributed by atoms with Gasteiger partial charge in [-0.25, -0.2) is 0 Å².